The number of imidazole rings is 1. The van der Waals surface area contributed by atoms with E-state index in [2.05, 4.69) is 10.6 Å². The summed E-state index contributed by atoms with van der Waals surface area (Å²) >= 11 is 0. The molecule has 0 radical (unpaired) electrons. The molecule has 0 aliphatic carbocycles. The van der Waals surface area contributed by atoms with Crippen LogP contribution in [-0.2, 0) is 7.05 Å². The van der Waals surface area contributed by atoms with E-state index in [1.807, 2.05) is 61.5 Å². The van der Waals surface area contributed by atoms with E-state index >= 15 is 0 Å². The summed E-state index contributed by atoms with van der Waals surface area (Å²) in [5.74, 6) is 0.458. The van der Waals surface area contributed by atoms with Crippen molar-refractivity contribution in [2.75, 3.05) is 10.6 Å². The van der Waals surface area contributed by atoms with Crippen LogP contribution in [0.1, 0.15) is 11.3 Å². The first-order valence-corrected chi connectivity index (χ1v) is 7.96. The van der Waals surface area contributed by atoms with Gasteiger partial charge in [-0.25, -0.2) is 9.59 Å². The van der Waals surface area contributed by atoms with E-state index in [0.29, 0.717) is 11.5 Å². The lowest BCUT2D eigenvalue weighted by molar-refractivity contribution is 0.262. The first-order valence-electron chi connectivity index (χ1n) is 7.96. The summed E-state index contributed by atoms with van der Waals surface area (Å²) in [6.45, 7) is 3.72. The molecule has 0 saturated heterocycles. The highest BCUT2D eigenvalue weighted by molar-refractivity contribution is 6.00. The lowest BCUT2D eigenvalue weighted by Crippen LogP contribution is -2.24. The fraction of sp³-hybridized carbons (Fsp3) is 0.158. The summed E-state index contributed by atoms with van der Waals surface area (Å²) < 4.78 is 3.00. The zero-order chi connectivity index (χ0) is 18.0. The zero-order valence-electron chi connectivity index (χ0n) is 14.4. The Morgan fingerprint density at radius 2 is 1.56 bits per heavy atom. The number of carbonyl (C=O) groups excluding carboxylic acids is 1. The van der Waals surface area contributed by atoms with Crippen LogP contribution in [0, 0.1) is 13.8 Å². The third-order valence-corrected chi connectivity index (χ3v) is 4.13. The van der Waals surface area contributed by atoms with E-state index in [1.54, 1.807) is 18.5 Å². The number of carbonyl (C=O) groups is 1. The Labute approximate surface area is 145 Å². The van der Waals surface area contributed by atoms with Crippen LogP contribution in [0.15, 0.2) is 59.4 Å². The van der Waals surface area contributed by atoms with Crippen LogP contribution in [-0.4, -0.2) is 15.2 Å². The maximum atomic E-state index is 12.6. The van der Waals surface area contributed by atoms with Gasteiger partial charge in [0.2, 0.25) is 0 Å². The maximum Gasteiger partial charge on any atom is 0.334 e. The van der Waals surface area contributed by atoms with Gasteiger partial charge in [0, 0.05) is 12.7 Å². The van der Waals surface area contributed by atoms with Crippen LogP contribution in [0.4, 0.5) is 16.3 Å². The second kappa shape index (κ2) is 6.68. The maximum absolute atomic E-state index is 12.6. The largest absolute Gasteiger partial charge is 0.334 e. The van der Waals surface area contributed by atoms with Gasteiger partial charge in [-0.2, -0.15) is 0 Å². The number of benzene rings is 2. The van der Waals surface area contributed by atoms with Gasteiger partial charge in [0.1, 0.15) is 5.82 Å². The molecule has 0 fully saturated rings. The van der Waals surface area contributed by atoms with Crippen molar-refractivity contribution in [2.45, 2.75) is 13.8 Å². The number of nitrogens with zero attached hydrogens (tertiary/aromatic N) is 2. The van der Waals surface area contributed by atoms with Gasteiger partial charge < -0.3 is 5.32 Å². The van der Waals surface area contributed by atoms with Gasteiger partial charge in [-0.05, 0) is 37.6 Å². The van der Waals surface area contributed by atoms with Crippen molar-refractivity contribution in [2.24, 2.45) is 7.05 Å². The van der Waals surface area contributed by atoms with Crippen molar-refractivity contribution in [3.63, 3.8) is 0 Å². The highest BCUT2D eigenvalue weighted by Gasteiger charge is 2.17. The number of rotatable bonds is 3. The Balaban J connectivity index is 1.90. The van der Waals surface area contributed by atoms with Crippen molar-refractivity contribution >= 4 is 17.5 Å². The highest BCUT2D eigenvalue weighted by Crippen LogP contribution is 2.18. The Kier molecular flexibility index (Phi) is 4.43. The Morgan fingerprint density at radius 1 is 0.920 bits per heavy atom. The molecule has 6 heteroatoms. The predicted molar refractivity (Wildman–Crippen MR) is 99.6 cm³/mol. The van der Waals surface area contributed by atoms with E-state index in [1.165, 1.54) is 4.57 Å². The van der Waals surface area contributed by atoms with Crippen LogP contribution in [0.5, 0.6) is 0 Å². The molecule has 0 atom stereocenters. The van der Waals surface area contributed by atoms with Gasteiger partial charge in [-0.1, -0.05) is 36.4 Å². The Hall–Kier alpha value is -3.28. The van der Waals surface area contributed by atoms with Crippen molar-refractivity contribution in [1.82, 2.24) is 9.13 Å². The average molecular weight is 336 g/mol. The number of aryl methyl sites for hydroxylation is 1. The van der Waals surface area contributed by atoms with Crippen molar-refractivity contribution in [1.29, 1.82) is 0 Å². The molecule has 1 aromatic heterocycles. The molecule has 2 aromatic carbocycles. The number of urea groups is 1. The number of hydrogen-bond donors (Lipinski definition) is 2. The van der Waals surface area contributed by atoms with Crippen LogP contribution >= 0.6 is 0 Å². The molecule has 0 aliphatic heterocycles. The minimum absolute atomic E-state index is 0.213. The molecular formula is C19H20N4O2. The van der Waals surface area contributed by atoms with Gasteiger partial charge in [0.25, 0.3) is 0 Å². The van der Waals surface area contributed by atoms with Crippen molar-refractivity contribution in [3.8, 4) is 5.69 Å². The molecule has 6 nitrogen and oxygen atoms in total. The first-order chi connectivity index (χ1) is 12.0. The molecule has 128 valence electrons. The van der Waals surface area contributed by atoms with Crippen LogP contribution < -0.4 is 16.3 Å². The summed E-state index contributed by atoms with van der Waals surface area (Å²) in [6, 6.07) is 16.5. The third-order valence-electron chi connectivity index (χ3n) is 4.13. The topological polar surface area (TPSA) is 68.1 Å². The highest BCUT2D eigenvalue weighted by atomic mass is 16.2. The summed E-state index contributed by atoms with van der Waals surface area (Å²) in [5, 5.41) is 5.58. The van der Waals surface area contributed by atoms with Crippen LogP contribution in [0.25, 0.3) is 5.69 Å². The van der Waals surface area contributed by atoms with Gasteiger partial charge in [-0.3, -0.25) is 14.5 Å². The molecule has 3 aromatic rings. The molecule has 0 spiro atoms. The van der Waals surface area contributed by atoms with E-state index in [9.17, 15) is 9.59 Å². The second-order valence-corrected chi connectivity index (χ2v) is 5.84. The number of anilines is 2. The normalized spacial score (nSPS) is 10.5. The van der Waals surface area contributed by atoms with Gasteiger partial charge >= 0.3 is 11.7 Å². The number of para-hydroxylation sites is 2. The molecule has 0 aliphatic rings. The Morgan fingerprint density at radius 3 is 2.24 bits per heavy atom. The van der Waals surface area contributed by atoms with E-state index in [0.717, 1.165) is 16.9 Å². The molecule has 0 saturated carbocycles. The lowest BCUT2D eigenvalue weighted by atomic mass is 10.2. The summed E-state index contributed by atoms with van der Waals surface area (Å²) in [6.07, 6.45) is 0. The minimum Gasteiger partial charge on any atom is -0.307 e. The fourth-order valence-corrected chi connectivity index (χ4v) is 2.77. The number of amides is 2. The van der Waals surface area contributed by atoms with Crippen LogP contribution in [0.3, 0.4) is 0 Å². The zero-order valence-corrected chi connectivity index (χ0v) is 14.4. The number of hydrogen-bond acceptors (Lipinski definition) is 2. The smallest absolute Gasteiger partial charge is 0.307 e. The van der Waals surface area contributed by atoms with E-state index < -0.39 is 6.03 Å². The molecule has 25 heavy (non-hydrogen) atoms. The predicted octanol–water partition coefficient (Wildman–Crippen LogP) is 3.44. The number of nitrogens with one attached hydrogen (secondary N) is 2. The fourth-order valence-electron chi connectivity index (χ4n) is 2.77. The molecular weight excluding hydrogens is 316 g/mol. The quantitative estimate of drug-likeness (QED) is 0.769. The molecule has 0 unspecified atom stereocenters. The first kappa shape index (κ1) is 16.6. The number of aromatic nitrogens is 2. The molecule has 3 rings (SSSR count). The standard InChI is InChI=1S/C19H20N4O2/c1-13-9-7-8-12-16(13)20-18(24)21-17-14(2)23(19(25)22(17)3)15-10-5-4-6-11-15/h4-12H,1-3H3,(H2,20,21,24). The van der Waals surface area contributed by atoms with Gasteiger partial charge in [0.05, 0.1) is 11.4 Å². The average Bonchev–Trinajstić information content (AvgIpc) is 2.81. The lowest BCUT2D eigenvalue weighted by Gasteiger charge is -2.10. The molecule has 2 amide bonds. The SMILES string of the molecule is Cc1ccccc1NC(=O)Nc1c(C)n(-c2ccccc2)c(=O)n1C. The second-order valence-electron chi connectivity index (χ2n) is 5.84. The Bertz CT molecular complexity index is 971. The molecule has 0 bridgehead atoms. The van der Waals surface area contributed by atoms with Crippen molar-refractivity contribution in [3.05, 3.63) is 76.3 Å². The minimum atomic E-state index is -0.391. The van der Waals surface area contributed by atoms with Crippen LogP contribution in [0.2, 0.25) is 0 Å². The van der Waals surface area contributed by atoms with Crippen molar-refractivity contribution < 1.29 is 4.79 Å². The van der Waals surface area contributed by atoms with Gasteiger partial charge in [-0.15, -0.1) is 0 Å². The van der Waals surface area contributed by atoms with E-state index in [-0.39, 0.29) is 5.69 Å². The third kappa shape index (κ3) is 3.19. The van der Waals surface area contributed by atoms with E-state index in [4.69, 9.17) is 0 Å². The molecule has 2 N–H and O–H groups in total. The summed E-state index contributed by atoms with van der Waals surface area (Å²) in [7, 11) is 1.64. The monoisotopic (exact) mass is 336 g/mol. The van der Waals surface area contributed by atoms with Gasteiger partial charge in [0.15, 0.2) is 0 Å². The summed E-state index contributed by atoms with van der Waals surface area (Å²) in [5.41, 5.74) is 2.90. The molecule has 1 heterocycles. The summed E-state index contributed by atoms with van der Waals surface area (Å²) in [4.78, 5) is 24.9.